The van der Waals surface area contributed by atoms with Crippen LogP contribution in [0.3, 0.4) is 0 Å². The molecule has 0 aliphatic heterocycles. The molecule has 2 aromatic rings. The fourth-order valence-corrected chi connectivity index (χ4v) is 4.73. The number of rotatable bonds is 7. The Balaban J connectivity index is 1.73. The van der Waals surface area contributed by atoms with Crippen molar-refractivity contribution < 1.29 is 29.0 Å². The van der Waals surface area contributed by atoms with Crippen molar-refractivity contribution in [3.8, 4) is 5.75 Å². The third-order valence-electron chi connectivity index (χ3n) is 6.78. The SMILES string of the molecule is CC(C)[C@H](NC(=O)OC(C)(C)C)C(=O)N(C)[C@]1(C(=O)O)CC[C@H](Oc2cccc3ccccc23)CC1. The van der Waals surface area contributed by atoms with E-state index in [9.17, 15) is 19.5 Å². The molecule has 1 saturated carbocycles. The van der Waals surface area contributed by atoms with Crippen molar-refractivity contribution in [2.45, 2.75) is 83.6 Å². The zero-order valence-electron chi connectivity index (χ0n) is 22.0. The average molecular weight is 499 g/mol. The Labute approximate surface area is 212 Å². The molecule has 196 valence electrons. The van der Waals surface area contributed by atoms with Crippen molar-refractivity contribution in [1.29, 1.82) is 0 Å². The first-order valence-electron chi connectivity index (χ1n) is 12.5. The average Bonchev–Trinajstić information content (AvgIpc) is 2.81. The van der Waals surface area contributed by atoms with Gasteiger partial charge < -0.3 is 24.8 Å². The Morgan fingerprint density at radius 3 is 2.25 bits per heavy atom. The van der Waals surface area contributed by atoms with Gasteiger partial charge in [0.25, 0.3) is 0 Å². The third-order valence-corrected chi connectivity index (χ3v) is 6.78. The molecule has 2 aromatic carbocycles. The number of amides is 2. The number of aliphatic carboxylic acids is 1. The van der Waals surface area contributed by atoms with Crippen molar-refractivity contribution in [2.24, 2.45) is 5.92 Å². The number of nitrogens with zero attached hydrogens (tertiary/aromatic N) is 1. The molecule has 0 bridgehead atoms. The molecule has 0 aromatic heterocycles. The number of carboxylic acids is 1. The van der Waals surface area contributed by atoms with Gasteiger partial charge in [-0.2, -0.15) is 0 Å². The minimum atomic E-state index is -1.38. The summed E-state index contributed by atoms with van der Waals surface area (Å²) in [4.78, 5) is 39.7. The number of carboxylic acid groups (broad SMARTS) is 1. The standard InChI is InChI=1S/C28H38N2O6/c1-18(2)23(29-26(34)36-27(3,4)5)24(31)30(6)28(25(32)33)16-14-20(15-17-28)35-22-13-9-11-19-10-7-8-12-21(19)22/h7-13,18,20,23H,14-17H2,1-6H3,(H,29,34)(H,32,33)/t20-,23-,28+/m0/s1. The van der Waals surface area contributed by atoms with Gasteiger partial charge in [-0.3, -0.25) is 4.79 Å². The Kier molecular flexibility index (Phi) is 8.16. The van der Waals surface area contributed by atoms with E-state index in [1.165, 1.54) is 11.9 Å². The third kappa shape index (κ3) is 6.09. The van der Waals surface area contributed by atoms with E-state index in [-0.39, 0.29) is 24.9 Å². The smallest absolute Gasteiger partial charge is 0.408 e. The van der Waals surface area contributed by atoms with Gasteiger partial charge in [-0.05, 0) is 63.8 Å². The van der Waals surface area contributed by atoms with Crippen LogP contribution in [-0.2, 0) is 14.3 Å². The summed E-state index contributed by atoms with van der Waals surface area (Å²) in [7, 11) is 1.51. The van der Waals surface area contributed by atoms with Crippen LogP contribution in [-0.4, -0.2) is 58.3 Å². The lowest BCUT2D eigenvalue weighted by Gasteiger charge is -2.44. The second kappa shape index (κ2) is 10.8. The molecule has 1 aliphatic rings. The molecule has 1 fully saturated rings. The highest BCUT2D eigenvalue weighted by atomic mass is 16.6. The number of hydrogen-bond donors (Lipinski definition) is 2. The van der Waals surface area contributed by atoms with Crippen LogP contribution in [0.1, 0.15) is 60.3 Å². The zero-order valence-corrected chi connectivity index (χ0v) is 22.0. The van der Waals surface area contributed by atoms with Crippen LogP contribution in [0, 0.1) is 5.92 Å². The molecule has 0 unspecified atom stereocenters. The van der Waals surface area contributed by atoms with Crippen molar-refractivity contribution in [3.63, 3.8) is 0 Å². The Hall–Kier alpha value is -3.29. The van der Waals surface area contributed by atoms with E-state index in [4.69, 9.17) is 9.47 Å². The predicted octanol–water partition coefficient (Wildman–Crippen LogP) is 4.99. The molecule has 0 heterocycles. The molecule has 8 heteroatoms. The lowest BCUT2D eigenvalue weighted by Crippen LogP contribution is -2.62. The highest BCUT2D eigenvalue weighted by molar-refractivity contribution is 5.91. The summed E-state index contributed by atoms with van der Waals surface area (Å²) in [6, 6.07) is 12.9. The van der Waals surface area contributed by atoms with Crippen molar-refractivity contribution in [3.05, 3.63) is 42.5 Å². The van der Waals surface area contributed by atoms with Crippen LogP contribution in [0.2, 0.25) is 0 Å². The number of ether oxygens (including phenoxy) is 2. The number of alkyl carbamates (subject to hydrolysis) is 1. The van der Waals surface area contributed by atoms with Crippen LogP contribution in [0.15, 0.2) is 42.5 Å². The second-order valence-corrected chi connectivity index (χ2v) is 10.9. The van der Waals surface area contributed by atoms with E-state index in [2.05, 4.69) is 5.32 Å². The first-order chi connectivity index (χ1) is 16.8. The van der Waals surface area contributed by atoms with E-state index in [0.29, 0.717) is 12.8 Å². The molecule has 2 amide bonds. The van der Waals surface area contributed by atoms with Gasteiger partial charge >= 0.3 is 12.1 Å². The van der Waals surface area contributed by atoms with Crippen LogP contribution in [0.4, 0.5) is 4.79 Å². The number of hydrogen-bond acceptors (Lipinski definition) is 5. The summed E-state index contributed by atoms with van der Waals surface area (Å²) in [5, 5.41) is 15.0. The topological polar surface area (TPSA) is 105 Å². The summed E-state index contributed by atoms with van der Waals surface area (Å²) in [6.07, 6.45) is 0.596. The molecular weight excluding hydrogens is 460 g/mol. The lowest BCUT2D eigenvalue weighted by molar-refractivity contribution is -0.162. The van der Waals surface area contributed by atoms with Crippen LogP contribution < -0.4 is 10.1 Å². The highest BCUT2D eigenvalue weighted by Crippen LogP contribution is 2.37. The molecule has 0 radical (unpaired) electrons. The maximum atomic E-state index is 13.5. The highest BCUT2D eigenvalue weighted by Gasteiger charge is 2.49. The molecule has 8 nitrogen and oxygen atoms in total. The molecule has 36 heavy (non-hydrogen) atoms. The van der Waals surface area contributed by atoms with Crippen LogP contribution in [0.25, 0.3) is 10.8 Å². The van der Waals surface area contributed by atoms with E-state index < -0.39 is 35.2 Å². The molecule has 3 rings (SSSR count). The van der Waals surface area contributed by atoms with Gasteiger partial charge in [-0.25, -0.2) is 9.59 Å². The maximum Gasteiger partial charge on any atom is 0.408 e. The molecule has 0 spiro atoms. The van der Waals surface area contributed by atoms with Crippen molar-refractivity contribution >= 4 is 28.7 Å². The Morgan fingerprint density at radius 1 is 1.06 bits per heavy atom. The fraction of sp³-hybridized carbons (Fsp3) is 0.536. The van der Waals surface area contributed by atoms with Gasteiger partial charge in [0.1, 0.15) is 22.9 Å². The number of benzene rings is 2. The maximum absolute atomic E-state index is 13.5. The van der Waals surface area contributed by atoms with E-state index >= 15 is 0 Å². The number of likely N-dealkylation sites (N-methyl/N-ethyl adjacent to an activating group) is 1. The minimum absolute atomic E-state index is 0.160. The minimum Gasteiger partial charge on any atom is -0.490 e. The van der Waals surface area contributed by atoms with Gasteiger partial charge in [0.2, 0.25) is 5.91 Å². The first kappa shape index (κ1) is 27.3. The summed E-state index contributed by atoms with van der Waals surface area (Å²) < 4.78 is 11.6. The largest absolute Gasteiger partial charge is 0.490 e. The van der Waals surface area contributed by atoms with Gasteiger partial charge in [-0.1, -0.05) is 50.2 Å². The summed E-state index contributed by atoms with van der Waals surface area (Å²) >= 11 is 0. The zero-order chi connectivity index (χ0) is 26.7. The molecule has 2 N–H and O–H groups in total. The first-order valence-corrected chi connectivity index (χ1v) is 12.5. The molecule has 1 aliphatic carbocycles. The van der Waals surface area contributed by atoms with Gasteiger partial charge in [-0.15, -0.1) is 0 Å². The van der Waals surface area contributed by atoms with Crippen molar-refractivity contribution in [2.75, 3.05) is 7.05 Å². The van der Waals surface area contributed by atoms with Gasteiger partial charge in [0.15, 0.2) is 0 Å². The van der Waals surface area contributed by atoms with E-state index in [0.717, 1.165) is 16.5 Å². The quantitative estimate of drug-likeness (QED) is 0.557. The normalized spacial score (nSPS) is 21.0. The van der Waals surface area contributed by atoms with E-state index in [1.807, 2.05) is 42.5 Å². The predicted molar refractivity (Wildman–Crippen MR) is 138 cm³/mol. The van der Waals surface area contributed by atoms with Crippen LogP contribution >= 0.6 is 0 Å². The Bertz CT molecular complexity index is 1090. The van der Waals surface area contributed by atoms with Crippen LogP contribution in [0.5, 0.6) is 5.75 Å². The monoisotopic (exact) mass is 498 g/mol. The fourth-order valence-electron chi connectivity index (χ4n) is 4.73. The summed E-state index contributed by atoms with van der Waals surface area (Å²) in [5.74, 6) is -0.996. The van der Waals surface area contributed by atoms with Crippen molar-refractivity contribution in [1.82, 2.24) is 10.2 Å². The van der Waals surface area contributed by atoms with E-state index in [1.54, 1.807) is 34.6 Å². The van der Waals surface area contributed by atoms with Gasteiger partial charge in [0, 0.05) is 12.4 Å². The number of fused-ring (bicyclic) bond motifs is 1. The van der Waals surface area contributed by atoms with Gasteiger partial charge in [0.05, 0.1) is 6.10 Å². The number of nitrogens with one attached hydrogen (secondary N) is 1. The summed E-state index contributed by atoms with van der Waals surface area (Å²) in [6.45, 7) is 8.82. The molecular formula is C28H38N2O6. The number of carbonyl (C=O) groups is 3. The lowest BCUT2D eigenvalue weighted by atomic mass is 9.78. The molecule has 1 atom stereocenters. The second-order valence-electron chi connectivity index (χ2n) is 10.9. The Morgan fingerprint density at radius 2 is 1.67 bits per heavy atom. The number of carbonyl (C=O) groups excluding carboxylic acids is 2. The summed E-state index contributed by atoms with van der Waals surface area (Å²) in [5.41, 5.74) is -2.09. The molecule has 0 saturated heterocycles.